The van der Waals surface area contributed by atoms with Gasteiger partial charge in [0, 0.05) is 31.7 Å². The van der Waals surface area contributed by atoms with Gasteiger partial charge in [-0.3, -0.25) is 4.90 Å². The zero-order chi connectivity index (χ0) is 17.8. The van der Waals surface area contributed by atoms with E-state index in [9.17, 15) is 4.79 Å². The largest absolute Gasteiger partial charge is 0.496 e. The van der Waals surface area contributed by atoms with E-state index in [1.165, 1.54) is 11.1 Å². The first-order chi connectivity index (χ1) is 12.1. The molecular formula is C19H28N2O4. The number of amides is 1. The van der Waals surface area contributed by atoms with Gasteiger partial charge in [-0.2, -0.15) is 0 Å². The minimum absolute atomic E-state index is 0.00543. The number of rotatable bonds is 4. The van der Waals surface area contributed by atoms with Crippen LogP contribution in [0.1, 0.15) is 36.6 Å². The van der Waals surface area contributed by atoms with Crippen molar-refractivity contribution >= 4 is 6.09 Å². The highest BCUT2D eigenvalue weighted by atomic mass is 16.6. The molecule has 0 saturated carbocycles. The number of fused-ring (bicyclic) bond motifs is 1. The second-order valence-electron chi connectivity index (χ2n) is 6.57. The fourth-order valence-corrected chi connectivity index (χ4v) is 3.67. The quantitative estimate of drug-likeness (QED) is 0.837. The van der Waals surface area contributed by atoms with Crippen molar-refractivity contribution in [3.63, 3.8) is 0 Å². The molecule has 1 unspecified atom stereocenters. The van der Waals surface area contributed by atoms with Crippen LogP contribution in [0.25, 0.3) is 0 Å². The van der Waals surface area contributed by atoms with Gasteiger partial charge in [-0.1, -0.05) is 6.07 Å². The Kier molecular flexibility index (Phi) is 5.81. The van der Waals surface area contributed by atoms with Gasteiger partial charge in [0.15, 0.2) is 0 Å². The van der Waals surface area contributed by atoms with Crippen LogP contribution in [0, 0.1) is 0 Å². The van der Waals surface area contributed by atoms with Crippen molar-refractivity contribution in [2.24, 2.45) is 0 Å². The molecular weight excluding hydrogens is 320 g/mol. The van der Waals surface area contributed by atoms with Crippen molar-refractivity contribution < 1.29 is 19.0 Å². The van der Waals surface area contributed by atoms with Gasteiger partial charge in [0.25, 0.3) is 0 Å². The first kappa shape index (κ1) is 18.0. The number of carbonyl (C=O) groups excluding carboxylic acids is 1. The molecule has 1 saturated heterocycles. The average Bonchev–Trinajstić information content (AvgIpc) is 2.62. The Labute approximate surface area is 149 Å². The highest BCUT2D eigenvalue weighted by molar-refractivity contribution is 5.69. The number of methoxy groups -OCH3 is 1. The van der Waals surface area contributed by atoms with Crippen LogP contribution in [-0.2, 0) is 22.4 Å². The van der Waals surface area contributed by atoms with Crippen molar-refractivity contribution in [1.29, 1.82) is 0 Å². The van der Waals surface area contributed by atoms with E-state index in [0.29, 0.717) is 13.2 Å². The zero-order valence-corrected chi connectivity index (χ0v) is 15.4. The molecule has 2 aliphatic heterocycles. The summed E-state index contributed by atoms with van der Waals surface area (Å²) in [7, 11) is 1.71. The Morgan fingerprint density at radius 1 is 1.28 bits per heavy atom. The lowest BCUT2D eigenvalue weighted by atomic mass is 9.91. The molecule has 6 nitrogen and oxygen atoms in total. The van der Waals surface area contributed by atoms with Crippen molar-refractivity contribution in [3.8, 4) is 5.75 Å². The van der Waals surface area contributed by atoms with Crippen molar-refractivity contribution in [2.45, 2.75) is 32.9 Å². The van der Waals surface area contributed by atoms with Crippen molar-refractivity contribution in [1.82, 2.24) is 9.80 Å². The molecule has 0 aromatic heterocycles. The molecule has 0 spiro atoms. The summed E-state index contributed by atoms with van der Waals surface area (Å²) in [4.78, 5) is 16.3. The van der Waals surface area contributed by atoms with Crippen LogP contribution >= 0.6 is 0 Å². The van der Waals surface area contributed by atoms with Crippen LogP contribution in [0.2, 0.25) is 0 Å². The van der Waals surface area contributed by atoms with E-state index >= 15 is 0 Å². The van der Waals surface area contributed by atoms with Gasteiger partial charge in [0.1, 0.15) is 5.75 Å². The molecule has 25 heavy (non-hydrogen) atoms. The highest BCUT2D eigenvalue weighted by Crippen LogP contribution is 2.35. The molecule has 1 aromatic rings. The van der Waals surface area contributed by atoms with Gasteiger partial charge in [-0.15, -0.1) is 0 Å². The average molecular weight is 348 g/mol. The molecule has 1 atom stereocenters. The third kappa shape index (κ3) is 3.90. The van der Waals surface area contributed by atoms with Crippen molar-refractivity contribution in [3.05, 3.63) is 28.8 Å². The van der Waals surface area contributed by atoms with Crippen LogP contribution in [0.3, 0.4) is 0 Å². The van der Waals surface area contributed by atoms with Crippen LogP contribution in [0.5, 0.6) is 5.75 Å². The third-order valence-corrected chi connectivity index (χ3v) is 5.08. The minimum atomic E-state index is -0.239. The van der Waals surface area contributed by atoms with Crippen LogP contribution in [-0.4, -0.2) is 62.5 Å². The smallest absolute Gasteiger partial charge is 0.410 e. The van der Waals surface area contributed by atoms with Gasteiger partial charge in [0.05, 0.1) is 33.0 Å². The number of nitrogens with zero attached hydrogens (tertiary/aromatic N) is 2. The fraction of sp³-hybridized carbons (Fsp3) is 0.632. The van der Waals surface area contributed by atoms with Gasteiger partial charge in [0.2, 0.25) is 0 Å². The number of benzene rings is 1. The van der Waals surface area contributed by atoms with Gasteiger partial charge < -0.3 is 19.1 Å². The number of morpholine rings is 1. The summed E-state index contributed by atoms with van der Waals surface area (Å²) < 4.78 is 16.3. The maximum absolute atomic E-state index is 12.2. The van der Waals surface area contributed by atoms with Gasteiger partial charge >= 0.3 is 6.09 Å². The molecule has 1 aromatic carbocycles. The minimum Gasteiger partial charge on any atom is -0.496 e. The second-order valence-corrected chi connectivity index (χ2v) is 6.57. The standard InChI is InChI=1S/C19H28N2O4/c1-4-25-19(22)21-6-5-15-11-16(13-20-7-9-24-10-8-20)18(23-3)12-17(15)14(21)2/h11-12,14H,4-10,13H2,1-3H3. The number of carbonyl (C=O) groups is 1. The third-order valence-electron chi connectivity index (χ3n) is 5.08. The highest BCUT2D eigenvalue weighted by Gasteiger charge is 2.30. The summed E-state index contributed by atoms with van der Waals surface area (Å²) in [6.45, 7) is 9.33. The van der Waals surface area contributed by atoms with E-state index in [0.717, 1.165) is 50.6 Å². The summed E-state index contributed by atoms with van der Waals surface area (Å²) in [5, 5.41) is 0. The molecule has 2 aliphatic rings. The molecule has 0 N–H and O–H groups in total. The Morgan fingerprint density at radius 3 is 2.72 bits per heavy atom. The lowest BCUT2D eigenvalue weighted by molar-refractivity contribution is 0.0338. The van der Waals surface area contributed by atoms with Crippen LogP contribution < -0.4 is 4.74 Å². The Balaban J connectivity index is 1.82. The predicted molar refractivity (Wildman–Crippen MR) is 94.9 cm³/mol. The molecule has 0 bridgehead atoms. The second kappa shape index (κ2) is 8.06. The fourth-order valence-electron chi connectivity index (χ4n) is 3.67. The molecule has 0 aliphatic carbocycles. The van der Waals surface area contributed by atoms with Gasteiger partial charge in [-0.25, -0.2) is 4.79 Å². The van der Waals surface area contributed by atoms with E-state index in [1.807, 2.05) is 6.92 Å². The summed E-state index contributed by atoms with van der Waals surface area (Å²) in [6, 6.07) is 4.35. The zero-order valence-electron chi connectivity index (χ0n) is 15.4. The Hall–Kier alpha value is -1.79. The molecule has 0 radical (unpaired) electrons. The maximum atomic E-state index is 12.2. The number of hydrogen-bond donors (Lipinski definition) is 0. The van der Waals surface area contributed by atoms with Crippen LogP contribution in [0.4, 0.5) is 4.79 Å². The topological polar surface area (TPSA) is 51.2 Å². The summed E-state index contributed by atoms with van der Waals surface area (Å²) in [5.41, 5.74) is 3.67. The monoisotopic (exact) mass is 348 g/mol. The normalized spacial score (nSPS) is 20.9. The predicted octanol–water partition coefficient (Wildman–Crippen LogP) is 2.60. The van der Waals surface area contributed by atoms with E-state index in [1.54, 1.807) is 12.0 Å². The van der Waals surface area contributed by atoms with E-state index in [4.69, 9.17) is 14.2 Å². The number of ether oxygens (including phenoxy) is 3. The Morgan fingerprint density at radius 2 is 2.04 bits per heavy atom. The van der Waals surface area contributed by atoms with Crippen molar-refractivity contribution in [2.75, 3.05) is 46.6 Å². The SMILES string of the molecule is CCOC(=O)N1CCc2cc(CN3CCOCC3)c(OC)cc2C1C. The van der Waals surface area contributed by atoms with E-state index < -0.39 is 0 Å². The first-order valence-electron chi connectivity index (χ1n) is 9.07. The van der Waals surface area contributed by atoms with Crippen LogP contribution in [0.15, 0.2) is 12.1 Å². The lowest BCUT2D eigenvalue weighted by Gasteiger charge is -2.35. The summed E-state index contributed by atoms with van der Waals surface area (Å²) in [5.74, 6) is 0.891. The summed E-state index contributed by atoms with van der Waals surface area (Å²) >= 11 is 0. The van der Waals surface area contributed by atoms with Gasteiger partial charge in [-0.05, 0) is 37.5 Å². The first-order valence-corrected chi connectivity index (χ1v) is 9.07. The molecule has 3 rings (SSSR count). The summed E-state index contributed by atoms with van der Waals surface area (Å²) in [6.07, 6.45) is 0.607. The van der Waals surface area contributed by atoms with E-state index in [-0.39, 0.29) is 12.1 Å². The molecule has 6 heteroatoms. The van der Waals surface area contributed by atoms with E-state index in [2.05, 4.69) is 24.0 Å². The molecule has 138 valence electrons. The Bertz CT molecular complexity index is 614. The maximum Gasteiger partial charge on any atom is 0.410 e. The molecule has 2 heterocycles. The lowest BCUT2D eigenvalue weighted by Crippen LogP contribution is -2.39. The number of hydrogen-bond acceptors (Lipinski definition) is 5. The molecule has 1 amide bonds. The molecule has 1 fully saturated rings.